The molecule has 0 saturated heterocycles. The van der Waals surface area contributed by atoms with Gasteiger partial charge in [-0.3, -0.25) is 9.52 Å². The first kappa shape index (κ1) is 30.0. The number of benzene rings is 2. The van der Waals surface area contributed by atoms with Crippen LogP contribution in [0.5, 0.6) is 5.75 Å². The van der Waals surface area contributed by atoms with Crippen molar-refractivity contribution in [3.05, 3.63) is 59.2 Å². The summed E-state index contributed by atoms with van der Waals surface area (Å²) in [4.78, 5) is 11.8. The summed E-state index contributed by atoms with van der Waals surface area (Å²) in [5.74, 6) is -0.106. The highest BCUT2D eigenvalue weighted by molar-refractivity contribution is 7.92. The fraction of sp³-hybridized carbons (Fsp3) is 0.519. The largest absolute Gasteiger partial charge is 0.506 e. The molecular formula is C27H42N2O5SSi. The molecule has 0 saturated carbocycles. The van der Waals surface area contributed by atoms with Gasteiger partial charge >= 0.3 is 0 Å². The topological polar surface area (TPSA) is 105 Å². The summed E-state index contributed by atoms with van der Waals surface area (Å²) in [6.45, 7) is 17.1. The fourth-order valence-electron chi connectivity index (χ4n) is 3.64. The van der Waals surface area contributed by atoms with Crippen molar-refractivity contribution in [1.29, 1.82) is 0 Å². The number of nitrogens with one attached hydrogen (secondary N) is 2. The number of carbonyl (C=O) groups is 1. The lowest BCUT2D eigenvalue weighted by atomic mass is 9.93. The first-order valence-corrected chi connectivity index (χ1v) is 16.9. The predicted molar refractivity (Wildman–Crippen MR) is 150 cm³/mol. The molecule has 0 bridgehead atoms. The van der Waals surface area contributed by atoms with E-state index in [9.17, 15) is 18.3 Å². The van der Waals surface area contributed by atoms with E-state index in [0.717, 1.165) is 17.4 Å². The molecule has 200 valence electrons. The number of anilines is 1. The second-order valence-corrected chi connectivity index (χ2v) is 18.2. The second-order valence-electron chi connectivity index (χ2n) is 11.7. The SMILES string of the molecule is CC(=O)c1cccc(CC(C)(C)NC[C@@H](O[Si](C)(C)C(C)(C)C)c2ccc(O)c(NS(C)(=O)=O)c2)c1. The number of carbonyl (C=O) groups excluding carboxylic acids is 1. The Bertz CT molecular complexity index is 1190. The lowest BCUT2D eigenvalue weighted by molar-refractivity contribution is 0.101. The van der Waals surface area contributed by atoms with E-state index >= 15 is 0 Å². The van der Waals surface area contributed by atoms with Crippen LogP contribution in [-0.2, 0) is 20.9 Å². The highest BCUT2D eigenvalue weighted by Gasteiger charge is 2.40. The summed E-state index contributed by atoms with van der Waals surface area (Å²) in [6, 6.07) is 12.6. The zero-order valence-corrected chi connectivity index (χ0v) is 24.8. The van der Waals surface area contributed by atoms with Crippen molar-refractivity contribution < 1.29 is 22.7 Å². The van der Waals surface area contributed by atoms with Crippen molar-refractivity contribution in [1.82, 2.24) is 5.32 Å². The molecule has 0 aliphatic rings. The van der Waals surface area contributed by atoms with E-state index in [0.29, 0.717) is 18.5 Å². The van der Waals surface area contributed by atoms with E-state index in [4.69, 9.17) is 4.43 Å². The predicted octanol–water partition coefficient (Wildman–Crippen LogP) is 5.64. The van der Waals surface area contributed by atoms with Gasteiger partial charge in [0.1, 0.15) is 5.75 Å². The van der Waals surface area contributed by atoms with Crippen molar-refractivity contribution in [2.75, 3.05) is 17.5 Å². The molecule has 3 N–H and O–H groups in total. The van der Waals surface area contributed by atoms with Gasteiger partial charge in [-0.25, -0.2) is 8.42 Å². The third-order valence-corrected chi connectivity index (χ3v) is 11.8. The molecule has 0 aliphatic carbocycles. The van der Waals surface area contributed by atoms with E-state index < -0.39 is 18.3 Å². The molecule has 2 aromatic rings. The lowest BCUT2D eigenvalue weighted by Gasteiger charge is -2.40. The normalized spacial score (nSPS) is 13.9. The highest BCUT2D eigenvalue weighted by Crippen LogP contribution is 2.40. The number of phenols is 1. The summed E-state index contributed by atoms with van der Waals surface area (Å²) in [6.07, 6.45) is 1.39. The lowest BCUT2D eigenvalue weighted by Crippen LogP contribution is -2.47. The maximum atomic E-state index is 11.8. The molecule has 0 aliphatic heterocycles. The summed E-state index contributed by atoms with van der Waals surface area (Å²) < 4.78 is 32.8. The molecule has 0 amide bonds. The Labute approximate surface area is 217 Å². The Morgan fingerprint density at radius 3 is 2.28 bits per heavy atom. The van der Waals surface area contributed by atoms with Crippen LogP contribution in [-0.4, -0.2) is 46.0 Å². The molecule has 0 spiro atoms. The van der Waals surface area contributed by atoms with Crippen molar-refractivity contribution in [2.45, 2.75) is 77.7 Å². The maximum Gasteiger partial charge on any atom is 0.229 e. The van der Waals surface area contributed by atoms with Crippen LogP contribution >= 0.6 is 0 Å². The van der Waals surface area contributed by atoms with Gasteiger partial charge in [-0.05, 0) is 74.7 Å². The van der Waals surface area contributed by atoms with Crippen molar-refractivity contribution in [3.63, 3.8) is 0 Å². The molecule has 0 radical (unpaired) electrons. The van der Waals surface area contributed by atoms with Gasteiger partial charge in [0.2, 0.25) is 10.0 Å². The molecular weight excluding hydrogens is 492 g/mol. The Morgan fingerprint density at radius 2 is 1.72 bits per heavy atom. The maximum absolute atomic E-state index is 11.8. The molecule has 2 aromatic carbocycles. The van der Waals surface area contributed by atoms with E-state index in [1.807, 2.05) is 24.3 Å². The monoisotopic (exact) mass is 534 g/mol. The fourth-order valence-corrected chi connectivity index (χ4v) is 5.48. The average Bonchev–Trinajstić information content (AvgIpc) is 2.71. The number of ketones is 1. The van der Waals surface area contributed by atoms with E-state index in [2.05, 4.69) is 57.8 Å². The molecule has 0 unspecified atom stereocenters. The van der Waals surface area contributed by atoms with E-state index in [-0.39, 0.29) is 33.9 Å². The minimum absolute atomic E-state index is 0.0291. The molecule has 36 heavy (non-hydrogen) atoms. The minimum Gasteiger partial charge on any atom is -0.506 e. The zero-order chi connectivity index (χ0) is 27.5. The molecule has 0 aromatic heterocycles. The first-order chi connectivity index (χ1) is 16.3. The van der Waals surface area contributed by atoms with Gasteiger partial charge in [-0.2, -0.15) is 0 Å². The summed E-state index contributed by atoms with van der Waals surface area (Å²) >= 11 is 0. The van der Waals surface area contributed by atoms with Crippen LogP contribution in [0.3, 0.4) is 0 Å². The van der Waals surface area contributed by atoms with Gasteiger partial charge < -0.3 is 14.8 Å². The van der Waals surface area contributed by atoms with Gasteiger partial charge in [0.25, 0.3) is 0 Å². The second kappa shape index (κ2) is 11.0. The van der Waals surface area contributed by atoms with Crippen LogP contribution in [0.4, 0.5) is 5.69 Å². The standard InChI is InChI=1S/C27H42N2O5SSi/c1-19(30)21-12-10-11-20(15-21)17-27(5,6)28-18-25(34-36(8,9)26(2,3)4)22-13-14-24(31)23(16-22)29-35(7,32)33/h10-16,25,28-29,31H,17-18H2,1-9H3/t25-/m1/s1. The van der Waals surface area contributed by atoms with Crippen molar-refractivity contribution in [3.8, 4) is 5.75 Å². The number of rotatable bonds is 11. The number of sulfonamides is 1. The molecule has 2 rings (SSSR count). The third-order valence-electron chi connectivity index (χ3n) is 6.68. The van der Waals surface area contributed by atoms with Gasteiger partial charge in [0.05, 0.1) is 18.0 Å². The van der Waals surface area contributed by atoms with Gasteiger partial charge in [0, 0.05) is 17.6 Å². The van der Waals surface area contributed by atoms with Gasteiger partial charge in [-0.1, -0.05) is 45.0 Å². The van der Waals surface area contributed by atoms with Crippen LogP contribution < -0.4 is 10.0 Å². The smallest absolute Gasteiger partial charge is 0.229 e. The Hall–Kier alpha value is -2.20. The number of phenolic OH excluding ortho intramolecular Hbond substituents is 1. The summed E-state index contributed by atoms with van der Waals surface area (Å²) in [5, 5.41) is 13.8. The molecule has 0 heterocycles. The third kappa shape index (κ3) is 8.72. The average molecular weight is 535 g/mol. The Morgan fingerprint density at radius 1 is 1.08 bits per heavy atom. The molecule has 0 fully saturated rings. The quantitative estimate of drug-likeness (QED) is 0.196. The van der Waals surface area contributed by atoms with Gasteiger partial charge in [-0.15, -0.1) is 0 Å². The summed E-state index contributed by atoms with van der Waals surface area (Å²) in [5.41, 5.74) is 2.34. The summed E-state index contributed by atoms with van der Waals surface area (Å²) in [7, 11) is -5.76. The molecule has 7 nitrogen and oxygen atoms in total. The van der Waals surface area contributed by atoms with Crippen molar-refractivity contribution in [2.24, 2.45) is 0 Å². The van der Waals surface area contributed by atoms with Crippen molar-refractivity contribution >= 4 is 29.8 Å². The zero-order valence-electron chi connectivity index (χ0n) is 23.0. The number of Topliss-reactive ketones (excluding diaryl/α,β-unsaturated/α-hetero) is 1. The minimum atomic E-state index is -3.56. The van der Waals surface area contributed by atoms with E-state index in [1.54, 1.807) is 19.1 Å². The van der Waals surface area contributed by atoms with E-state index in [1.165, 1.54) is 6.07 Å². The number of hydrogen-bond acceptors (Lipinski definition) is 6. The Balaban J connectivity index is 2.34. The molecule has 9 heteroatoms. The van der Waals surface area contributed by atoms with Crippen LogP contribution in [0.2, 0.25) is 18.1 Å². The van der Waals surface area contributed by atoms with Crippen LogP contribution in [0, 0.1) is 0 Å². The van der Waals surface area contributed by atoms with Gasteiger partial charge in [0.15, 0.2) is 14.1 Å². The first-order valence-electron chi connectivity index (χ1n) is 12.1. The number of hydrogen-bond donors (Lipinski definition) is 3. The number of aromatic hydroxyl groups is 1. The highest BCUT2D eigenvalue weighted by atomic mass is 32.2. The van der Waals surface area contributed by atoms with Crippen LogP contribution in [0.15, 0.2) is 42.5 Å². The Kier molecular flexibility index (Phi) is 9.21. The molecule has 1 atom stereocenters. The van der Waals surface area contributed by atoms with Crippen LogP contribution in [0.1, 0.15) is 69.1 Å². The van der Waals surface area contributed by atoms with Crippen LogP contribution in [0.25, 0.3) is 0 Å².